The molecule has 0 saturated heterocycles. The first-order chi connectivity index (χ1) is 9.97. The minimum absolute atomic E-state index is 0.0318. The number of hydrogen-bond acceptors (Lipinski definition) is 3. The van der Waals surface area contributed by atoms with Crippen LogP contribution in [-0.2, 0) is 6.42 Å². The third kappa shape index (κ3) is 3.77. The molecule has 0 aliphatic heterocycles. The fourth-order valence-corrected chi connectivity index (χ4v) is 2.14. The molecule has 3 N–H and O–H groups in total. The van der Waals surface area contributed by atoms with Gasteiger partial charge in [-0.15, -0.1) is 0 Å². The van der Waals surface area contributed by atoms with E-state index in [0.717, 1.165) is 5.56 Å². The lowest BCUT2D eigenvalue weighted by Gasteiger charge is -2.04. The highest BCUT2D eigenvalue weighted by Gasteiger charge is 2.08. The third-order valence-corrected chi connectivity index (χ3v) is 3.25. The third-order valence-electron chi connectivity index (χ3n) is 2.94. The molecule has 0 aliphatic rings. The van der Waals surface area contributed by atoms with Crippen molar-refractivity contribution in [2.45, 2.75) is 6.42 Å². The van der Waals surface area contributed by atoms with Crippen LogP contribution >= 0.6 is 11.6 Å². The molecule has 0 aliphatic carbocycles. The molecule has 2 rings (SSSR count). The van der Waals surface area contributed by atoms with E-state index in [4.69, 9.17) is 16.7 Å². The van der Waals surface area contributed by atoms with E-state index in [1.54, 1.807) is 30.3 Å². The molecular formula is C16H13ClO4. The molecule has 2 aromatic carbocycles. The van der Waals surface area contributed by atoms with E-state index >= 15 is 0 Å². The van der Waals surface area contributed by atoms with Gasteiger partial charge in [-0.2, -0.15) is 0 Å². The summed E-state index contributed by atoms with van der Waals surface area (Å²) in [5.41, 5.74) is 1.32. The van der Waals surface area contributed by atoms with Gasteiger partial charge in [0.2, 0.25) is 0 Å². The number of rotatable bonds is 4. The van der Waals surface area contributed by atoms with E-state index < -0.39 is 5.97 Å². The maximum atomic E-state index is 10.9. The number of phenols is 1. The minimum atomic E-state index is -1.08. The molecule has 0 heterocycles. The molecule has 5 heteroatoms. The van der Waals surface area contributed by atoms with Crippen LogP contribution in [0, 0.1) is 0 Å². The van der Waals surface area contributed by atoms with Gasteiger partial charge in [-0.05, 0) is 42.3 Å². The summed E-state index contributed by atoms with van der Waals surface area (Å²) in [6.07, 6.45) is 1.96. The summed E-state index contributed by atoms with van der Waals surface area (Å²) in [6.45, 7) is 0. The molecule has 0 atom stereocenters. The van der Waals surface area contributed by atoms with Crippen molar-refractivity contribution in [2.24, 2.45) is 0 Å². The van der Waals surface area contributed by atoms with Crippen molar-refractivity contribution in [3.63, 3.8) is 0 Å². The van der Waals surface area contributed by atoms with Crippen LogP contribution < -0.4 is 0 Å². The first-order valence-electron chi connectivity index (χ1n) is 6.17. The van der Waals surface area contributed by atoms with Crippen molar-refractivity contribution in [1.82, 2.24) is 0 Å². The second-order valence-corrected chi connectivity index (χ2v) is 4.87. The van der Waals surface area contributed by atoms with Crippen molar-refractivity contribution in [3.05, 3.63) is 70.3 Å². The van der Waals surface area contributed by atoms with Crippen LogP contribution in [0.5, 0.6) is 5.75 Å². The van der Waals surface area contributed by atoms with E-state index in [1.165, 1.54) is 18.2 Å². The Morgan fingerprint density at radius 3 is 2.52 bits per heavy atom. The van der Waals surface area contributed by atoms with E-state index in [2.05, 4.69) is 0 Å². The number of allylic oxidation sites excluding steroid dienone is 1. The van der Waals surface area contributed by atoms with Crippen LogP contribution in [0.15, 0.2) is 48.5 Å². The van der Waals surface area contributed by atoms with Gasteiger partial charge in [-0.25, -0.2) is 4.79 Å². The van der Waals surface area contributed by atoms with Gasteiger partial charge in [-0.3, -0.25) is 0 Å². The van der Waals surface area contributed by atoms with E-state index in [1.807, 2.05) is 0 Å². The van der Waals surface area contributed by atoms with Gasteiger partial charge in [0.05, 0.1) is 10.6 Å². The summed E-state index contributed by atoms with van der Waals surface area (Å²) < 4.78 is 0. The zero-order valence-corrected chi connectivity index (χ0v) is 11.7. The Bertz CT molecular complexity index is 707. The van der Waals surface area contributed by atoms with Crippen molar-refractivity contribution in [1.29, 1.82) is 0 Å². The second-order valence-electron chi connectivity index (χ2n) is 4.46. The highest BCUT2D eigenvalue weighted by molar-refractivity contribution is 6.33. The summed E-state index contributed by atoms with van der Waals surface area (Å²) in [7, 11) is 0. The highest BCUT2D eigenvalue weighted by atomic mass is 35.5. The number of benzene rings is 2. The van der Waals surface area contributed by atoms with Gasteiger partial charge in [0.15, 0.2) is 0 Å². The normalized spacial score (nSPS) is 11.4. The van der Waals surface area contributed by atoms with Crippen LogP contribution in [0.2, 0.25) is 5.02 Å². The largest absolute Gasteiger partial charge is 0.508 e. The lowest BCUT2D eigenvalue weighted by atomic mass is 10.1. The molecule has 4 nitrogen and oxygen atoms in total. The molecule has 0 aromatic heterocycles. The van der Waals surface area contributed by atoms with Crippen LogP contribution in [0.25, 0.3) is 5.76 Å². The number of aliphatic hydroxyl groups is 1. The maximum absolute atomic E-state index is 10.9. The molecule has 0 spiro atoms. The smallest absolute Gasteiger partial charge is 0.337 e. The first-order valence-corrected chi connectivity index (χ1v) is 6.55. The monoisotopic (exact) mass is 304 g/mol. The molecular weight excluding hydrogens is 292 g/mol. The number of carboxylic acid groups (broad SMARTS) is 1. The van der Waals surface area contributed by atoms with Crippen molar-refractivity contribution < 1.29 is 20.1 Å². The number of carboxylic acids is 1. The van der Waals surface area contributed by atoms with E-state index in [-0.39, 0.29) is 22.1 Å². The van der Waals surface area contributed by atoms with E-state index in [0.29, 0.717) is 12.0 Å². The van der Waals surface area contributed by atoms with Gasteiger partial charge >= 0.3 is 5.97 Å². The molecule has 0 unspecified atom stereocenters. The van der Waals surface area contributed by atoms with Gasteiger partial charge in [-0.1, -0.05) is 29.8 Å². The quantitative estimate of drug-likeness (QED) is 0.749. The number of carbonyl (C=O) groups is 1. The number of halogens is 1. The highest BCUT2D eigenvalue weighted by Crippen LogP contribution is 2.21. The van der Waals surface area contributed by atoms with Gasteiger partial charge < -0.3 is 15.3 Å². The Balaban J connectivity index is 2.17. The molecule has 0 amide bonds. The molecule has 108 valence electrons. The van der Waals surface area contributed by atoms with Crippen LogP contribution in [-0.4, -0.2) is 21.3 Å². The zero-order chi connectivity index (χ0) is 15.4. The predicted octanol–water partition coefficient (Wildman–Crippen LogP) is 3.89. The fraction of sp³-hybridized carbons (Fsp3) is 0.0625. The van der Waals surface area contributed by atoms with Gasteiger partial charge in [0.1, 0.15) is 11.5 Å². The molecule has 0 fully saturated rings. The summed E-state index contributed by atoms with van der Waals surface area (Å²) in [6, 6.07) is 10.9. The SMILES string of the molecule is O=C(O)c1ccc(CC=C(O)c2cccc(O)c2)cc1Cl. The van der Waals surface area contributed by atoms with Crippen LogP contribution in [0.4, 0.5) is 0 Å². The zero-order valence-electron chi connectivity index (χ0n) is 11.0. The topological polar surface area (TPSA) is 77.8 Å². The van der Waals surface area contributed by atoms with Crippen molar-refractivity contribution in [2.75, 3.05) is 0 Å². The van der Waals surface area contributed by atoms with Crippen molar-refractivity contribution in [3.8, 4) is 5.75 Å². The number of aromatic carboxylic acids is 1. The average molecular weight is 305 g/mol. The summed E-state index contributed by atoms with van der Waals surface area (Å²) >= 11 is 5.88. The number of hydrogen-bond donors (Lipinski definition) is 3. The molecule has 0 saturated carbocycles. The maximum Gasteiger partial charge on any atom is 0.337 e. The Morgan fingerprint density at radius 1 is 1.14 bits per heavy atom. The standard InChI is InChI=1S/C16H13ClO4/c17-14-8-10(4-6-13(14)16(20)21)5-7-15(19)11-2-1-3-12(18)9-11/h1-4,6-9,18-19H,5H2,(H,20,21). The Kier molecular flexibility index (Phi) is 4.50. The predicted molar refractivity (Wildman–Crippen MR) is 80.8 cm³/mol. The fourth-order valence-electron chi connectivity index (χ4n) is 1.86. The van der Waals surface area contributed by atoms with Gasteiger partial charge in [0.25, 0.3) is 0 Å². The molecule has 0 radical (unpaired) electrons. The minimum Gasteiger partial charge on any atom is -0.508 e. The number of aromatic hydroxyl groups is 1. The summed E-state index contributed by atoms with van der Waals surface area (Å²) in [5.74, 6) is -0.977. The Labute approximate surface area is 126 Å². The summed E-state index contributed by atoms with van der Waals surface area (Å²) in [4.78, 5) is 10.9. The molecule has 2 aromatic rings. The lowest BCUT2D eigenvalue weighted by Crippen LogP contribution is -1.98. The molecule has 0 bridgehead atoms. The lowest BCUT2D eigenvalue weighted by molar-refractivity contribution is 0.0697. The van der Waals surface area contributed by atoms with Crippen LogP contribution in [0.3, 0.4) is 0 Å². The Morgan fingerprint density at radius 2 is 1.90 bits per heavy atom. The first kappa shape index (κ1) is 14.9. The Hall–Kier alpha value is -2.46. The van der Waals surface area contributed by atoms with Crippen molar-refractivity contribution >= 4 is 23.3 Å². The number of phenolic OH excluding ortho intramolecular Hbond substituents is 1. The average Bonchev–Trinajstić information content (AvgIpc) is 2.44. The molecule has 21 heavy (non-hydrogen) atoms. The van der Waals surface area contributed by atoms with Crippen LogP contribution in [0.1, 0.15) is 21.5 Å². The second kappa shape index (κ2) is 6.33. The number of aliphatic hydroxyl groups excluding tert-OH is 1. The van der Waals surface area contributed by atoms with Gasteiger partial charge in [0, 0.05) is 5.56 Å². The summed E-state index contributed by atoms with van der Waals surface area (Å²) in [5, 5.41) is 28.3. The van der Waals surface area contributed by atoms with E-state index in [9.17, 15) is 15.0 Å².